The third-order valence-corrected chi connectivity index (χ3v) is 5.36. The van der Waals surface area contributed by atoms with Crippen molar-refractivity contribution in [1.82, 2.24) is 9.78 Å². The Morgan fingerprint density at radius 2 is 1.70 bits per heavy atom. The van der Waals surface area contributed by atoms with Gasteiger partial charge in [0, 0.05) is 10.2 Å². The number of rotatable bonds is 4. The van der Waals surface area contributed by atoms with Crippen LogP contribution in [0.1, 0.15) is 28.1 Å². The molecule has 0 aliphatic rings. The van der Waals surface area contributed by atoms with Gasteiger partial charge in [0.2, 0.25) is 0 Å². The highest BCUT2D eigenvalue weighted by molar-refractivity contribution is 9.10. The maximum atomic E-state index is 5.50. The van der Waals surface area contributed by atoms with Crippen LogP contribution in [0, 0.1) is 27.7 Å². The van der Waals surface area contributed by atoms with E-state index in [1.807, 2.05) is 29.8 Å². The van der Waals surface area contributed by atoms with E-state index >= 15 is 0 Å². The summed E-state index contributed by atoms with van der Waals surface area (Å²) in [5, 5.41) is 11.8. The molecule has 0 aliphatic carbocycles. The van der Waals surface area contributed by atoms with E-state index in [2.05, 4.69) is 76.7 Å². The van der Waals surface area contributed by atoms with Gasteiger partial charge >= 0.3 is 0 Å². The molecule has 2 N–H and O–H groups in total. The number of hydrogen-bond donors (Lipinski definition) is 2. The van der Waals surface area contributed by atoms with Crippen LogP contribution in [0.3, 0.4) is 0 Å². The van der Waals surface area contributed by atoms with Crippen LogP contribution in [-0.2, 0) is 6.54 Å². The van der Waals surface area contributed by atoms with Crippen LogP contribution >= 0.6 is 28.1 Å². The Bertz CT molecular complexity index is 977. The number of aryl methyl sites for hydroxylation is 3. The maximum Gasteiger partial charge on any atom is 0.175 e. The summed E-state index contributed by atoms with van der Waals surface area (Å²) in [6.45, 7) is 8.96. The van der Waals surface area contributed by atoms with Gasteiger partial charge in [-0.25, -0.2) is 0 Å². The summed E-state index contributed by atoms with van der Waals surface area (Å²) in [7, 11) is 0. The fraction of sp³-hybridized carbons (Fsp3) is 0.238. The highest BCUT2D eigenvalue weighted by atomic mass is 79.9. The Kier molecular flexibility index (Phi) is 5.97. The predicted octanol–water partition coefficient (Wildman–Crippen LogP) is 5.74. The van der Waals surface area contributed by atoms with Crippen LogP contribution in [-0.4, -0.2) is 14.9 Å². The van der Waals surface area contributed by atoms with Crippen molar-refractivity contribution in [2.75, 3.05) is 10.6 Å². The molecule has 0 unspecified atom stereocenters. The first-order chi connectivity index (χ1) is 12.8. The molecule has 6 heteroatoms. The summed E-state index contributed by atoms with van der Waals surface area (Å²) in [4.78, 5) is 0. The van der Waals surface area contributed by atoms with Gasteiger partial charge in [-0.15, -0.1) is 0 Å². The number of halogens is 1. The van der Waals surface area contributed by atoms with Crippen LogP contribution < -0.4 is 10.6 Å². The smallest absolute Gasteiger partial charge is 0.175 e. The van der Waals surface area contributed by atoms with Crippen molar-refractivity contribution in [3.63, 3.8) is 0 Å². The van der Waals surface area contributed by atoms with Gasteiger partial charge in [0.15, 0.2) is 5.11 Å². The average Bonchev–Trinajstić information content (AvgIpc) is 2.87. The topological polar surface area (TPSA) is 41.9 Å². The van der Waals surface area contributed by atoms with Crippen molar-refractivity contribution in [3.05, 3.63) is 75.0 Å². The second kappa shape index (κ2) is 8.23. The van der Waals surface area contributed by atoms with Crippen molar-refractivity contribution >= 4 is 44.6 Å². The molecule has 27 heavy (non-hydrogen) atoms. The molecular formula is C21H23BrN4S. The molecule has 4 nitrogen and oxygen atoms in total. The van der Waals surface area contributed by atoms with E-state index < -0.39 is 0 Å². The van der Waals surface area contributed by atoms with Gasteiger partial charge in [-0.2, -0.15) is 5.10 Å². The Labute approximate surface area is 174 Å². The molecule has 3 aromatic rings. The van der Waals surface area contributed by atoms with E-state index in [0.29, 0.717) is 5.11 Å². The minimum absolute atomic E-state index is 0.563. The first-order valence-electron chi connectivity index (χ1n) is 8.77. The minimum Gasteiger partial charge on any atom is -0.332 e. The second-order valence-electron chi connectivity index (χ2n) is 6.71. The van der Waals surface area contributed by atoms with Gasteiger partial charge in [-0.3, -0.25) is 4.68 Å². The van der Waals surface area contributed by atoms with Crippen molar-refractivity contribution in [3.8, 4) is 0 Å². The number of benzene rings is 2. The van der Waals surface area contributed by atoms with E-state index in [9.17, 15) is 0 Å². The van der Waals surface area contributed by atoms with E-state index in [1.54, 1.807) is 0 Å². The van der Waals surface area contributed by atoms with E-state index in [0.717, 1.165) is 33.8 Å². The van der Waals surface area contributed by atoms with Crippen molar-refractivity contribution in [2.45, 2.75) is 34.2 Å². The average molecular weight is 443 g/mol. The molecule has 0 fully saturated rings. The zero-order chi connectivity index (χ0) is 19.6. The lowest BCUT2D eigenvalue weighted by atomic mass is 10.1. The van der Waals surface area contributed by atoms with E-state index in [-0.39, 0.29) is 0 Å². The second-order valence-corrected chi connectivity index (χ2v) is 8.03. The summed E-state index contributed by atoms with van der Waals surface area (Å²) in [6.07, 6.45) is 0. The third-order valence-electron chi connectivity index (χ3n) is 4.63. The molecule has 3 rings (SSSR count). The fourth-order valence-corrected chi connectivity index (χ4v) is 3.37. The van der Waals surface area contributed by atoms with Crippen LogP contribution in [0.4, 0.5) is 11.4 Å². The largest absolute Gasteiger partial charge is 0.332 e. The SMILES string of the molecule is Cc1ccc(NC(=S)Nc2c(C)nn(Cc3ccc(Br)cc3)c2C)cc1C. The monoisotopic (exact) mass is 442 g/mol. The highest BCUT2D eigenvalue weighted by Crippen LogP contribution is 2.22. The zero-order valence-electron chi connectivity index (χ0n) is 15.9. The number of anilines is 2. The van der Waals surface area contributed by atoms with Gasteiger partial charge in [0.05, 0.1) is 23.6 Å². The lowest BCUT2D eigenvalue weighted by Crippen LogP contribution is -2.20. The lowest BCUT2D eigenvalue weighted by Gasteiger charge is -2.12. The summed E-state index contributed by atoms with van der Waals surface area (Å²) < 4.78 is 3.07. The molecule has 0 spiro atoms. The van der Waals surface area contributed by atoms with Crippen molar-refractivity contribution in [1.29, 1.82) is 0 Å². The van der Waals surface area contributed by atoms with Gasteiger partial charge in [0.1, 0.15) is 0 Å². The standard InChI is InChI=1S/C21H23BrN4S/c1-13-5-10-19(11-14(13)2)23-21(27)24-20-15(3)25-26(16(20)4)12-17-6-8-18(22)9-7-17/h5-11H,12H2,1-4H3,(H2,23,24,27). The number of nitrogens with zero attached hydrogens (tertiary/aromatic N) is 2. The number of hydrogen-bond acceptors (Lipinski definition) is 2. The lowest BCUT2D eigenvalue weighted by molar-refractivity contribution is 0.659. The molecule has 1 heterocycles. The number of aromatic nitrogens is 2. The highest BCUT2D eigenvalue weighted by Gasteiger charge is 2.13. The Balaban J connectivity index is 1.72. The van der Waals surface area contributed by atoms with Crippen molar-refractivity contribution in [2.24, 2.45) is 0 Å². The van der Waals surface area contributed by atoms with Gasteiger partial charge in [0.25, 0.3) is 0 Å². The normalized spacial score (nSPS) is 10.7. The summed E-state index contributed by atoms with van der Waals surface area (Å²) >= 11 is 8.97. The zero-order valence-corrected chi connectivity index (χ0v) is 18.3. The summed E-state index contributed by atoms with van der Waals surface area (Å²) in [5.41, 5.74) is 7.61. The first kappa shape index (κ1) is 19.6. The molecular weight excluding hydrogens is 420 g/mol. The molecule has 140 valence electrons. The molecule has 0 bridgehead atoms. The molecule has 0 saturated heterocycles. The Morgan fingerprint density at radius 3 is 2.37 bits per heavy atom. The van der Waals surface area contributed by atoms with Crippen LogP contribution in [0.5, 0.6) is 0 Å². The minimum atomic E-state index is 0.563. The first-order valence-corrected chi connectivity index (χ1v) is 9.97. The quantitative estimate of drug-likeness (QED) is 0.505. The van der Waals surface area contributed by atoms with E-state index in [4.69, 9.17) is 12.2 Å². The fourth-order valence-electron chi connectivity index (χ4n) is 2.89. The van der Waals surface area contributed by atoms with Crippen molar-refractivity contribution < 1.29 is 0 Å². The molecule has 0 atom stereocenters. The predicted molar refractivity (Wildman–Crippen MR) is 121 cm³/mol. The number of thiocarbonyl (C=S) groups is 1. The van der Waals surface area contributed by atoms with Crippen LogP contribution in [0.2, 0.25) is 0 Å². The molecule has 0 radical (unpaired) electrons. The van der Waals surface area contributed by atoms with Gasteiger partial charge < -0.3 is 10.6 Å². The van der Waals surface area contributed by atoms with Crippen LogP contribution in [0.25, 0.3) is 0 Å². The Morgan fingerprint density at radius 1 is 1.00 bits per heavy atom. The molecule has 0 aliphatic heterocycles. The van der Waals surface area contributed by atoms with Gasteiger partial charge in [-0.05, 0) is 80.9 Å². The maximum absolute atomic E-state index is 5.50. The summed E-state index contributed by atoms with van der Waals surface area (Å²) in [6, 6.07) is 14.5. The van der Waals surface area contributed by atoms with Crippen LogP contribution in [0.15, 0.2) is 46.9 Å². The molecule has 0 amide bonds. The van der Waals surface area contributed by atoms with E-state index in [1.165, 1.54) is 16.7 Å². The van der Waals surface area contributed by atoms with Gasteiger partial charge in [-0.1, -0.05) is 34.1 Å². The molecule has 2 aromatic carbocycles. The molecule has 1 aromatic heterocycles. The Hall–Kier alpha value is -2.18. The molecule has 0 saturated carbocycles. The summed E-state index contributed by atoms with van der Waals surface area (Å²) in [5.74, 6) is 0. The third kappa shape index (κ3) is 4.76. The number of nitrogens with one attached hydrogen (secondary N) is 2.